The van der Waals surface area contributed by atoms with Gasteiger partial charge in [-0.05, 0) is 54.9 Å². The first-order chi connectivity index (χ1) is 8.35. The number of nitrogens with one attached hydrogen (secondary N) is 1. The van der Waals surface area contributed by atoms with Crippen molar-refractivity contribution in [3.8, 4) is 0 Å². The van der Waals surface area contributed by atoms with Crippen LogP contribution < -0.4 is 0 Å². The van der Waals surface area contributed by atoms with E-state index in [2.05, 4.69) is 18.2 Å². The third-order valence-electron chi connectivity index (χ3n) is 3.15. The van der Waals surface area contributed by atoms with E-state index in [9.17, 15) is 0 Å². The fraction of sp³-hybridized carbons (Fsp3) is 0.438. The minimum absolute atomic E-state index is 1.02. The number of hydrogen-bond acceptors (Lipinski definition) is 1. The predicted molar refractivity (Wildman–Crippen MR) is 76.9 cm³/mol. The van der Waals surface area contributed by atoms with Crippen molar-refractivity contribution in [1.29, 1.82) is 5.41 Å². The Hall–Kier alpha value is -1.37. The zero-order chi connectivity index (χ0) is 12.7. The Labute approximate surface area is 105 Å². The van der Waals surface area contributed by atoms with Crippen LogP contribution >= 0.6 is 0 Å². The summed E-state index contributed by atoms with van der Waals surface area (Å²) < 4.78 is 0. The van der Waals surface area contributed by atoms with Crippen molar-refractivity contribution in [2.45, 2.75) is 46.5 Å². The number of hydrogen-bond donors (Lipinski definition) is 1. The topological polar surface area (TPSA) is 23.9 Å². The van der Waals surface area contributed by atoms with Gasteiger partial charge in [0.1, 0.15) is 0 Å². The highest BCUT2D eigenvalue weighted by molar-refractivity contribution is 6.08. The maximum atomic E-state index is 7.34. The second-order valence-corrected chi connectivity index (χ2v) is 4.08. The fourth-order valence-electron chi connectivity index (χ4n) is 2.25. The molecule has 0 bridgehead atoms. The predicted octanol–water partition coefficient (Wildman–Crippen LogP) is 4.64. The Balaban J connectivity index is 0.000000686. The molecule has 0 saturated carbocycles. The highest BCUT2D eigenvalue weighted by atomic mass is 14.3. The Morgan fingerprint density at radius 3 is 2.35 bits per heavy atom. The van der Waals surface area contributed by atoms with Crippen molar-refractivity contribution in [2.24, 2.45) is 0 Å². The third-order valence-corrected chi connectivity index (χ3v) is 3.15. The van der Waals surface area contributed by atoms with E-state index in [1.54, 1.807) is 0 Å². The number of rotatable bonds is 2. The summed E-state index contributed by atoms with van der Waals surface area (Å²) in [7, 11) is 0. The first-order valence-electron chi connectivity index (χ1n) is 6.64. The van der Waals surface area contributed by atoms with E-state index in [1.807, 2.05) is 26.8 Å². The van der Waals surface area contributed by atoms with E-state index in [4.69, 9.17) is 5.41 Å². The Morgan fingerprint density at radius 1 is 1.12 bits per heavy atom. The molecule has 2 rings (SSSR count). The molecule has 17 heavy (non-hydrogen) atoms. The van der Waals surface area contributed by atoms with Gasteiger partial charge >= 0.3 is 0 Å². The average Bonchev–Trinajstić information content (AvgIpc) is 2.42. The summed E-state index contributed by atoms with van der Waals surface area (Å²) >= 11 is 0. The molecule has 0 atom stereocenters. The number of aryl methyl sites for hydroxylation is 2. The Bertz CT molecular complexity index is 402. The van der Waals surface area contributed by atoms with Gasteiger partial charge in [0.25, 0.3) is 0 Å². The molecule has 1 aromatic carbocycles. The summed E-state index contributed by atoms with van der Waals surface area (Å²) in [6, 6.07) is 6.64. The van der Waals surface area contributed by atoms with Gasteiger partial charge in [0.2, 0.25) is 0 Å². The minimum Gasteiger partial charge on any atom is -0.308 e. The molecule has 1 N–H and O–H groups in total. The lowest BCUT2D eigenvalue weighted by molar-refractivity contribution is 0.685. The molecule has 0 aromatic heterocycles. The molecule has 92 valence electrons. The van der Waals surface area contributed by atoms with Gasteiger partial charge < -0.3 is 5.41 Å². The summed E-state index contributed by atoms with van der Waals surface area (Å²) in [6.07, 6.45) is 8.51. The molecule has 0 amide bonds. The van der Waals surface area contributed by atoms with Crippen LogP contribution in [-0.2, 0) is 12.8 Å². The molecule has 0 spiro atoms. The van der Waals surface area contributed by atoms with E-state index in [-0.39, 0.29) is 0 Å². The largest absolute Gasteiger partial charge is 0.308 e. The van der Waals surface area contributed by atoms with Crippen LogP contribution in [0.25, 0.3) is 5.57 Å². The highest BCUT2D eigenvalue weighted by Gasteiger charge is 2.09. The zero-order valence-electron chi connectivity index (χ0n) is 11.2. The van der Waals surface area contributed by atoms with Crippen LogP contribution in [0.4, 0.5) is 0 Å². The second-order valence-electron chi connectivity index (χ2n) is 4.08. The van der Waals surface area contributed by atoms with Crippen LogP contribution in [0.2, 0.25) is 0 Å². The summed E-state index contributed by atoms with van der Waals surface area (Å²) in [5.41, 5.74) is 5.20. The lowest BCUT2D eigenvalue weighted by Crippen LogP contribution is -2.03. The van der Waals surface area contributed by atoms with Crippen molar-refractivity contribution >= 4 is 11.8 Å². The number of allylic oxidation sites excluding steroid dienone is 2. The van der Waals surface area contributed by atoms with Gasteiger partial charge in [0, 0.05) is 6.21 Å². The lowest BCUT2D eigenvalue weighted by atomic mass is 9.89. The summed E-state index contributed by atoms with van der Waals surface area (Å²) in [5, 5.41) is 7.34. The van der Waals surface area contributed by atoms with E-state index in [0.717, 1.165) is 5.57 Å². The van der Waals surface area contributed by atoms with Crippen LogP contribution in [0.5, 0.6) is 0 Å². The first-order valence-corrected chi connectivity index (χ1v) is 6.64. The molecule has 1 aliphatic rings. The van der Waals surface area contributed by atoms with Crippen LogP contribution in [0.1, 0.15) is 50.3 Å². The Morgan fingerprint density at radius 2 is 1.76 bits per heavy atom. The molecule has 0 heterocycles. The Kier molecular flexibility index (Phi) is 5.68. The van der Waals surface area contributed by atoms with Crippen molar-refractivity contribution in [2.75, 3.05) is 0 Å². The number of benzene rings is 1. The smallest absolute Gasteiger partial charge is 0.0253 e. The quantitative estimate of drug-likeness (QED) is 0.714. The van der Waals surface area contributed by atoms with Crippen molar-refractivity contribution in [3.63, 3.8) is 0 Å². The van der Waals surface area contributed by atoms with Gasteiger partial charge in [-0.25, -0.2) is 0 Å². The molecule has 1 heteroatoms. The molecule has 0 unspecified atom stereocenters. The normalized spacial score (nSPS) is 14.4. The molecular weight excluding hydrogens is 206 g/mol. The van der Waals surface area contributed by atoms with E-state index >= 15 is 0 Å². The molecule has 0 fully saturated rings. The summed E-state index contributed by atoms with van der Waals surface area (Å²) in [4.78, 5) is 0. The van der Waals surface area contributed by atoms with Crippen LogP contribution in [0.3, 0.4) is 0 Å². The monoisotopic (exact) mass is 229 g/mol. The molecular formula is C16H23N. The average molecular weight is 229 g/mol. The molecule has 1 aliphatic carbocycles. The second kappa shape index (κ2) is 7.05. The maximum absolute atomic E-state index is 7.34. The van der Waals surface area contributed by atoms with Crippen LogP contribution in [-0.4, -0.2) is 6.21 Å². The molecule has 0 radical (unpaired) electrons. The summed E-state index contributed by atoms with van der Waals surface area (Å²) in [6.45, 7) is 5.99. The van der Waals surface area contributed by atoms with Gasteiger partial charge in [-0.3, -0.25) is 0 Å². The first kappa shape index (κ1) is 13.7. The molecule has 1 aromatic rings. The SMILES string of the molecule is C/C=C(/C=N)c1ccc2c(c1)CCCC2.CC. The third kappa shape index (κ3) is 3.29. The standard InChI is InChI=1S/C14H17N.C2H6/c1-2-11(10-15)14-8-7-12-5-3-4-6-13(12)9-14;1-2/h2,7-10,15H,3-6H2,1H3;1-2H3/b11-2-,15-10?;. The van der Waals surface area contributed by atoms with Crippen molar-refractivity contribution in [3.05, 3.63) is 41.0 Å². The van der Waals surface area contributed by atoms with E-state index in [0.29, 0.717) is 0 Å². The molecule has 0 aliphatic heterocycles. The molecule has 0 saturated heterocycles. The minimum atomic E-state index is 1.02. The van der Waals surface area contributed by atoms with Crippen molar-refractivity contribution < 1.29 is 0 Å². The van der Waals surface area contributed by atoms with E-state index in [1.165, 1.54) is 48.6 Å². The van der Waals surface area contributed by atoms with Crippen molar-refractivity contribution in [1.82, 2.24) is 0 Å². The lowest BCUT2D eigenvalue weighted by Gasteiger charge is -2.16. The zero-order valence-corrected chi connectivity index (χ0v) is 11.2. The van der Waals surface area contributed by atoms with E-state index < -0.39 is 0 Å². The van der Waals surface area contributed by atoms with Gasteiger partial charge in [0.05, 0.1) is 0 Å². The number of fused-ring (bicyclic) bond motifs is 1. The fourth-order valence-corrected chi connectivity index (χ4v) is 2.25. The van der Waals surface area contributed by atoms with Gasteiger partial charge in [-0.1, -0.05) is 38.1 Å². The van der Waals surface area contributed by atoms with Crippen LogP contribution in [0.15, 0.2) is 24.3 Å². The summed E-state index contributed by atoms with van der Waals surface area (Å²) in [5.74, 6) is 0. The highest BCUT2D eigenvalue weighted by Crippen LogP contribution is 2.24. The van der Waals surface area contributed by atoms with Crippen LogP contribution in [0, 0.1) is 5.41 Å². The maximum Gasteiger partial charge on any atom is 0.0253 e. The van der Waals surface area contributed by atoms with Gasteiger partial charge in [-0.2, -0.15) is 0 Å². The van der Waals surface area contributed by atoms with Gasteiger partial charge in [-0.15, -0.1) is 0 Å². The van der Waals surface area contributed by atoms with Gasteiger partial charge in [0.15, 0.2) is 0 Å². The molecule has 1 nitrogen and oxygen atoms in total.